The van der Waals surface area contributed by atoms with Crippen LogP contribution in [0.4, 0.5) is 4.39 Å². The summed E-state index contributed by atoms with van der Waals surface area (Å²) in [5, 5.41) is 10.3. The van der Waals surface area contributed by atoms with Crippen LogP contribution in [0.5, 0.6) is 5.88 Å². The number of hydrogen-bond acceptors (Lipinski definition) is 4. The van der Waals surface area contributed by atoms with Gasteiger partial charge in [-0.3, -0.25) is 4.98 Å². The summed E-state index contributed by atoms with van der Waals surface area (Å²) < 4.78 is 18.2. The lowest BCUT2D eigenvalue weighted by Gasteiger charge is -2.13. The van der Waals surface area contributed by atoms with Crippen LogP contribution < -0.4 is 4.74 Å². The second-order valence-corrected chi connectivity index (χ2v) is 3.99. The molecule has 2 rings (SSSR count). The molecule has 18 heavy (non-hydrogen) atoms. The molecule has 0 amide bonds. The van der Waals surface area contributed by atoms with Crippen LogP contribution in [-0.4, -0.2) is 22.2 Å². The largest absolute Gasteiger partial charge is 0.480 e. The molecule has 0 fully saturated rings. The van der Waals surface area contributed by atoms with Crippen LogP contribution >= 0.6 is 11.6 Å². The first-order chi connectivity index (χ1) is 8.61. The van der Waals surface area contributed by atoms with Crippen molar-refractivity contribution in [3.8, 4) is 5.88 Å². The summed E-state index contributed by atoms with van der Waals surface area (Å²) in [5.74, 6) is -0.343. The molecule has 4 nitrogen and oxygen atoms in total. The SMILES string of the molecule is COc1nccnc1C(O)c1cc(F)cc(Cl)c1. The first-order valence-electron chi connectivity index (χ1n) is 5.10. The number of nitrogens with zero attached hydrogens (tertiary/aromatic N) is 2. The number of aliphatic hydroxyl groups is 1. The van der Waals surface area contributed by atoms with E-state index in [0.717, 1.165) is 6.07 Å². The van der Waals surface area contributed by atoms with Crippen LogP contribution in [0.25, 0.3) is 0 Å². The minimum Gasteiger partial charge on any atom is -0.480 e. The number of halogens is 2. The van der Waals surface area contributed by atoms with E-state index < -0.39 is 11.9 Å². The van der Waals surface area contributed by atoms with Crippen LogP contribution in [-0.2, 0) is 0 Å². The number of methoxy groups -OCH3 is 1. The molecule has 0 spiro atoms. The summed E-state index contributed by atoms with van der Waals surface area (Å²) in [5.41, 5.74) is 0.500. The summed E-state index contributed by atoms with van der Waals surface area (Å²) in [7, 11) is 1.42. The minimum atomic E-state index is -1.15. The first-order valence-corrected chi connectivity index (χ1v) is 5.48. The van der Waals surface area contributed by atoms with E-state index in [4.69, 9.17) is 16.3 Å². The van der Waals surface area contributed by atoms with E-state index in [0.29, 0.717) is 5.56 Å². The molecule has 2 aromatic rings. The highest BCUT2D eigenvalue weighted by Gasteiger charge is 2.18. The molecule has 1 unspecified atom stereocenters. The Morgan fingerprint density at radius 1 is 1.28 bits per heavy atom. The fraction of sp³-hybridized carbons (Fsp3) is 0.167. The van der Waals surface area contributed by atoms with Gasteiger partial charge >= 0.3 is 0 Å². The van der Waals surface area contributed by atoms with Gasteiger partial charge in [0.15, 0.2) is 0 Å². The van der Waals surface area contributed by atoms with E-state index in [-0.39, 0.29) is 16.6 Å². The van der Waals surface area contributed by atoms with Crippen molar-refractivity contribution in [2.45, 2.75) is 6.10 Å². The Morgan fingerprint density at radius 3 is 2.67 bits per heavy atom. The summed E-state index contributed by atoms with van der Waals surface area (Å²) in [4.78, 5) is 7.90. The van der Waals surface area contributed by atoms with E-state index in [1.54, 1.807) is 0 Å². The molecule has 1 aromatic carbocycles. The molecule has 1 N–H and O–H groups in total. The van der Waals surface area contributed by atoms with Gasteiger partial charge in [-0.25, -0.2) is 9.37 Å². The standard InChI is InChI=1S/C12H10ClFN2O2/c1-18-12-10(15-2-3-16-12)11(17)7-4-8(13)6-9(14)5-7/h2-6,11,17H,1H3. The maximum atomic E-state index is 13.2. The maximum absolute atomic E-state index is 13.2. The molecule has 1 atom stereocenters. The summed E-state index contributed by atoms with van der Waals surface area (Å²) >= 11 is 5.74. The number of hydrogen-bond donors (Lipinski definition) is 1. The monoisotopic (exact) mass is 268 g/mol. The van der Waals surface area contributed by atoms with Crippen molar-refractivity contribution < 1.29 is 14.2 Å². The number of rotatable bonds is 3. The number of aromatic nitrogens is 2. The predicted octanol–water partition coefficient (Wildman–Crippen LogP) is 2.36. The fourth-order valence-corrected chi connectivity index (χ4v) is 1.80. The lowest BCUT2D eigenvalue weighted by Crippen LogP contribution is -2.06. The van der Waals surface area contributed by atoms with E-state index in [2.05, 4.69) is 9.97 Å². The average molecular weight is 269 g/mol. The summed E-state index contributed by atoms with van der Waals surface area (Å²) in [6, 6.07) is 3.81. The van der Waals surface area contributed by atoms with Crippen LogP contribution in [0.15, 0.2) is 30.6 Å². The van der Waals surface area contributed by atoms with Gasteiger partial charge in [0, 0.05) is 17.4 Å². The van der Waals surface area contributed by atoms with Gasteiger partial charge in [0.2, 0.25) is 5.88 Å². The Morgan fingerprint density at radius 2 is 2.00 bits per heavy atom. The van der Waals surface area contributed by atoms with Gasteiger partial charge in [0.1, 0.15) is 17.6 Å². The van der Waals surface area contributed by atoms with Crippen molar-refractivity contribution in [3.05, 3.63) is 52.7 Å². The summed E-state index contributed by atoms with van der Waals surface area (Å²) in [6.45, 7) is 0. The Balaban J connectivity index is 2.44. The third-order valence-electron chi connectivity index (χ3n) is 2.34. The van der Waals surface area contributed by atoms with Gasteiger partial charge in [0.05, 0.1) is 7.11 Å². The van der Waals surface area contributed by atoms with Gasteiger partial charge in [-0.15, -0.1) is 0 Å². The van der Waals surface area contributed by atoms with E-state index in [9.17, 15) is 9.50 Å². The van der Waals surface area contributed by atoms with Crippen molar-refractivity contribution in [2.24, 2.45) is 0 Å². The van der Waals surface area contributed by atoms with Gasteiger partial charge in [-0.1, -0.05) is 11.6 Å². The second kappa shape index (κ2) is 5.29. The Labute approximate surface area is 108 Å². The molecule has 1 aromatic heterocycles. The summed E-state index contributed by atoms with van der Waals surface area (Å²) in [6.07, 6.45) is 1.71. The molecule has 0 aliphatic carbocycles. The molecular weight excluding hydrogens is 259 g/mol. The van der Waals surface area contributed by atoms with Crippen molar-refractivity contribution in [3.63, 3.8) is 0 Å². The highest BCUT2D eigenvalue weighted by molar-refractivity contribution is 6.30. The normalized spacial score (nSPS) is 12.2. The smallest absolute Gasteiger partial charge is 0.238 e. The predicted molar refractivity (Wildman–Crippen MR) is 64.1 cm³/mol. The quantitative estimate of drug-likeness (QED) is 0.928. The lowest BCUT2D eigenvalue weighted by atomic mass is 10.1. The van der Waals surface area contributed by atoms with E-state index in [1.165, 1.54) is 31.6 Å². The zero-order valence-electron chi connectivity index (χ0n) is 9.47. The van der Waals surface area contributed by atoms with Crippen LogP contribution in [0.1, 0.15) is 17.4 Å². The minimum absolute atomic E-state index is 0.186. The lowest BCUT2D eigenvalue weighted by molar-refractivity contribution is 0.207. The zero-order valence-corrected chi connectivity index (χ0v) is 10.2. The fourth-order valence-electron chi connectivity index (χ4n) is 1.57. The molecule has 0 aliphatic rings. The third kappa shape index (κ3) is 2.57. The van der Waals surface area contributed by atoms with Crippen molar-refractivity contribution in [1.82, 2.24) is 9.97 Å². The molecule has 1 heterocycles. The van der Waals surface area contributed by atoms with Crippen LogP contribution in [0.2, 0.25) is 5.02 Å². The molecular formula is C12H10ClFN2O2. The van der Waals surface area contributed by atoms with E-state index in [1.807, 2.05) is 0 Å². The molecule has 0 saturated carbocycles. The Bertz CT molecular complexity index is 545. The van der Waals surface area contributed by atoms with E-state index >= 15 is 0 Å². The number of benzene rings is 1. The molecule has 0 aliphatic heterocycles. The second-order valence-electron chi connectivity index (χ2n) is 3.56. The maximum Gasteiger partial charge on any atom is 0.238 e. The number of ether oxygens (including phenoxy) is 1. The van der Waals surface area contributed by atoms with Crippen molar-refractivity contribution in [2.75, 3.05) is 7.11 Å². The van der Waals surface area contributed by atoms with Crippen molar-refractivity contribution in [1.29, 1.82) is 0 Å². The van der Waals surface area contributed by atoms with Gasteiger partial charge in [-0.05, 0) is 23.8 Å². The Kier molecular flexibility index (Phi) is 3.74. The average Bonchev–Trinajstić information content (AvgIpc) is 2.36. The van der Waals surface area contributed by atoms with Gasteiger partial charge in [-0.2, -0.15) is 0 Å². The van der Waals surface area contributed by atoms with Crippen LogP contribution in [0, 0.1) is 5.82 Å². The van der Waals surface area contributed by atoms with Crippen LogP contribution in [0.3, 0.4) is 0 Å². The molecule has 0 radical (unpaired) electrons. The van der Waals surface area contributed by atoms with Gasteiger partial charge in [0.25, 0.3) is 0 Å². The molecule has 0 bridgehead atoms. The third-order valence-corrected chi connectivity index (χ3v) is 2.56. The molecule has 94 valence electrons. The molecule has 6 heteroatoms. The molecule has 0 saturated heterocycles. The van der Waals surface area contributed by atoms with Crippen molar-refractivity contribution >= 4 is 11.6 Å². The zero-order chi connectivity index (χ0) is 13.1. The Hall–Kier alpha value is -1.72. The van der Waals surface area contributed by atoms with Gasteiger partial charge < -0.3 is 9.84 Å². The topological polar surface area (TPSA) is 55.2 Å². The highest BCUT2D eigenvalue weighted by atomic mass is 35.5. The number of aliphatic hydroxyl groups excluding tert-OH is 1. The highest BCUT2D eigenvalue weighted by Crippen LogP contribution is 2.28. The first kappa shape index (κ1) is 12.7.